The molecular formula is C17H29N3O. The first-order valence-electron chi connectivity index (χ1n) is 8.16. The summed E-state index contributed by atoms with van der Waals surface area (Å²) in [6, 6.07) is 6.62. The number of benzene rings is 1. The Kier molecular flexibility index (Phi) is 6.33. The molecule has 1 aromatic carbocycles. The van der Waals surface area contributed by atoms with Gasteiger partial charge >= 0.3 is 0 Å². The van der Waals surface area contributed by atoms with Gasteiger partial charge in [0.1, 0.15) is 5.75 Å². The van der Waals surface area contributed by atoms with Gasteiger partial charge in [-0.05, 0) is 44.5 Å². The van der Waals surface area contributed by atoms with Crippen LogP contribution in [-0.4, -0.2) is 38.8 Å². The third-order valence-corrected chi connectivity index (χ3v) is 3.60. The average Bonchev–Trinajstić information content (AvgIpc) is 2.48. The van der Waals surface area contributed by atoms with E-state index in [0.717, 1.165) is 51.4 Å². The minimum atomic E-state index is 0.200. The number of hydrogen-bond acceptors (Lipinski definition) is 4. The predicted octanol–water partition coefficient (Wildman–Crippen LogP) is 2.38. The number of nitrogens with zero attached hydrogens (tertiary/aromatic N) is 1. The second kappa shape index (κ2) is 8.25. The molecule has 0 aromatic heterocycles. The molecule has 1 aliphatic heterocycles. The summed E-state index contributed by atoms with van der Waals surface area (Å²) in [5, 5.41) is 6.85. The molecule has 1 fully saturated rings. The molecule has 0 radical (unpaired) electrons. The molecule has 4 nitrogen and oxygen atoms in total. The van der Waals surface area contributed by atoms with Crippen LogP contribution in [0.15, 0.2) is 18.2 Å². The van der Waals surface area contributed by atoms with Gasteiger partial charge in [0.05, 0.1) is 11.8 Å². The summed E-state index contributed by atoms with van der Waals surface area (Å²) < 4.78 is 6.06. The van der Waals surface area contributed by atoms with E-state index in [4.69, 9.17) is 4.74 Å². The van der Waals surface area contributed by atoms with E-state index in [2.05, 4.69) is 54.5 Å². The molecule has 0 bridgehead atoms. The van der Waals surface area contributed by atoms with Crippen molar-refractivity contribution >= 4 is 5.69 Å². The minimum absolute atomic E-state index is 0.200. The second-order valence-corrected chi connectivity index (χ2v) is 5.88. The Morgan fingerprint density at radius 2 is 2.05 bits per heavy atom. The predicted molar refractivity (Wildman–Crippen MR) is 89.3 cm³/mol. The Balaban J connectivity index is 2.14. The van der Waals surface area contributed by atoms with Crippen molar-refractivity contribution in [1.82, 2.24) is 10.6 Å². The van der Waals surface area contributed by atoms with Crippen LogP contribution in [0.5, 0.6) is 5.75 Å². The van der Waals surface area contributed by atoms with Gasteiger partial charge in [-0.3, -0.25) is 0 Å². The van der Waals surface area contributed by atoms with Crippen molar-refractivity contribution in [3.05, 3.63) is 23.8 Å². The van der Waals surface area contributed by atoms with Gasteiger partial charge in [0.2, 0.25) is 0 Å². The van der Waals surface area contributed by atoms with Crippen molar-refractivity contribution in [2.75, 3.05) is 37.6 Å². The van der Waals surface area contributed by atoms with Crippen LogP contribution in [0, 0.1) is 0 Å². The van der Waals surface area contributed by atoms with Gasteiger partial charge in [-0.15, -0.1) is 0 Å². The first-order valence-corrected chi connectivity index (χ1v) is 8.16. The lowest BCUT2D eigenvalue weighted by atomic mass is 10.1. The van der Waals surface area contributed by atoms with Crippen LogP contribution in [0.25, 0.3) is 0 Å². The zero-order valence-corrected chi connectivity index (χ0v) is 13.6. The Bertz CT molecular complexity index is 428. The lowest BCUT2D eigenvalue weighted by Gasteiger charge is -2.31. The molecule has 0 saturated carbocycles. The molecule has 1 heterocycles. The molecule has 2 rings (SSSR count). The highest BCUT2D eigenvalue weighted by Crippen LogP contribution is 2.30. The lowest BCUT2D eigenvalue weighted by molar-refractivity contribution is 0.242. The van der Waals surface area contributed by atoms with Crippen LogP contribution in [0.2, 0.25) is 0 Å². The molecule has 1 aliphatic rings. The van der Waals surface area contributed by atoms with Crippen molar-refractivity contribution in [2.24, 2.45) is 0 Å². The van der Waals surface area contributed by atoms with Crippen LogP contribution in [0.1, 0.15) is 32.8 Å². The van der Waals surface area contributed by atoms with Crippen LogP contribution in [0.4, 0.5) is 5.69 Å². The standard InChI is InChI=1S/C17H29N3O/c1-4-7-19-13-15-5-6-16(17(12-15)21-14(2)3)20-10-8-18-9-11-20/h5-6,12,14,18-19H,4,7-11,13H2,1-3H3. The van der Waals surface area contributed by atoms with Gasteiger partial charge in [0.25, 0.3) is 0 Å². The topological polar surface area (TPSA) is 36.5 Å². The molecule has 4 heteroatoms. The largest absolute Gasteiger partial charge is 0.489 e. The van der Waals surface area contributed by atoms with Crippen molar-refractivity contribution in [3.63, 3.8) is 0 Å². The Labute approximate surface area is 128 Å². The summed E-state index contributed by atoms with van der Waals surface area (Å²) in [7, 11) is 0. The molecule has 0 unspecified atom stereocenters. The fraction of sp³-hybridized carbons (Fsp3) is 0.647. The van der Waals surface area contributed by atoms with Crippen molar-refractivity contribution in [3.8, 4) is 5.75 Å². The molecule has 0 spiro atoms. The van der Waals surface area contributed by atoms with E-state index in [1.165, 1.54) is 11.3 Å². The monoisotopic (exact) mass is 291 g/mol. The highest BCUT2D eigenvalue weighted by atomic mass is 16.5. The summed E-state index contributed by atoms with van der Waals surface area (Å²) in [6.45, 7) is 12.5. The van der Waals surface area contributed by atoms with Gasteiger partial charge in [-0.1, -0.05) is 13.0 Å². The summed E-state index contributed by atoms with van der Waals surface area (Å²) >= 11 is 0. The van der Waals surface area contributed by atoms with Gasteiger partial charge in [0.15, 0.2) is 0 Å². The maximum Gasteiger partial charge on any atom is 0.143 e. The second-order valence-electron chi connectivity index (χ2n) is 5.88. The molecule has 0 atom stereocenters. The number of rotatable bonds is 7. The molecule has 21 heavy (non-hydrogen) atoms. The molecule has 1 aromatic rings. The van der Waals surface area contributed by atoms with Crippen molar-refractivity contribution in [1.29, 1.82) is 0 Å². The third kappa shape index (κ3) is 4.90. The Morgan fingerprint density at radius 3 is 2.71 bits per heavy atom. The smallest absolute Gasteiger partial charge is 0.143 e. The van der Waals surface area contributed by atoms with E-state index in [0.29, 0.717) is 0 Å². The summed E-state index contributed by atoms with van der Waals surface area (Å²) in [4.78, 5) is 2.41. The zero-order valence-electron chi connectivity index (χ0n) is 13.6. The number of nitrogens with one attached hydrogen (secondary N) is 2. The van der Waals surface area contributed by atoms with Gasteiger partial charge in [0, 0.05) is 32.7 Å². The van der Waals surface area contributed by atoms with Crippen LogP contribution in [-0.2, 0) is 6.54 Å². The highest BCUT2D eigenvalue weighted by Gasteiger charge is 2.16. The van der Waals surface area contributed by atoms with E-state index in [1.54, 1.807) is 0 Å². The van der Waals surface area contributed by atoms with Gasteiger partial charge in [-0.2, -0.15) is 0 Å². The normalized spacial score (nSPS) is 15.5. The summed E-state index contributed by atoms with van der Waals surface area (Å²) in [5.41, 5.74) is 2.52. The Morgan fingerprint density at radius 1 is 1.29 bits per heavy atom. The third-order valence-electron chi connectivity index (χ3n) is 3.60. The molecule has 118 valence electrons. The van der Waals surface area contributed by atoms with Gasteiger partial charge < -0.3 is 20.3 Å². The number of anilines is 1. The van der Waals surface area contributed by atoms with E-state index in [9.17, 15) is 0 Å². The maximum absolute atomic E-state index is 6.06. The quantitative estimate of drug-likeness (QED) is 0.756. The fourth-order valence-electron chi connectivity index (χ4n) is 2.59. The first kappa shape index (κ1) is 16.1. The van der Waals surface area contributed by atoms with Crippen LogP contribution >= 0.6 is 0 Å². The fourth-order valence-corrected chi connectivity index (χ4v) is 2.59. The summed E-state index contributed by atoms with van der Waals surface area (Å²) in [6.07, 6.45) is 1.36. The average molecular weight is 291 g/mol. The SMILES string of the molecule is CCCNCc1ccc(N2CCNCC2)c(OC(C)C)c1. The van der Waals surface area contributed by atoms with Crippen molar-refractivity contribution < 1.29 is 4.74 Å². The number of piperazine rings is 1. The molecule has 2 N–H and O–H groups in total. The van der Waals surface area contributed by atoms with Crippen LogP contribution < -0.4 is 20.3 Å². The van der Waals surface area contributed by atoms with E-state index in [1.807, 2.05) is 0 Å². The number of hydrogen-bond donors (Lipinski definition) is 2. The minimum Gasteiger partial charge on any atom is -0.489 e. The highest BCUT2D eigenvalue weighted by molar-refractivity contribution is 5.60. The number of ether oxygens (including phenoxy) is 1. The molecule has 1 saturated heterocycles. The van der Waals surface area contributed by atoms with Crippen molar-refractivity contribution in [2.45, 2.75) is 39.8 Å². The maximum atomic E-state index is 6.06. The van der Waals surface area contributed by atoms with E-state index < -0.39 is 0 Å². The van der Waals surface area contributed by atoms with E-state index in [-0.39, 0.29) is 6.10 Å². The Hall–Kier alpha value is -1.26. The lowest BCUT2D eigenvalue weighted by Crippen LogP contribution is -2.43. The first-order chi connectivity index (χ1) is 10.2. The van der Waals surface area contributed by atoms with Gasteiger partial charge in [-0.25, -0.2) is 0 Å². The molecular weight excluding hydrogens is 262 g/mol. The molecule has 0 aliphatic carbocycles. The van der Waals surface area contributed by atoms with Crippen LogP contribution in [0.3, 0.4) is 0 Å². The molecule has 0 amide bonds. The van der Waals surface area contributed by atoms with E-state index >= 15 is 0 Å². The summed E-state index contributed by atoms with van der Waals surface area (Å²) in [5.74, 6) is 1.02. The zero-order chi connectivity index (χ0) is 15.1.